The molecule has 0 spiro atoms. The van der Waals surface area contributed by atoms with Gasteiger partial charge in [0.2, 0.25) is 0 Å². The molecule has 0 radical (unpaired) electrons. The van der Waals surface area contributed by atoms with Crippen LogP contribution in [-0.2, 0) is 4.79 Å². The number of hydrogen-bond donors (Lipinski definition) is 0. The second kappa shape index (κ2) is 7.98. The summed E-state index contributed by atoms with van der Waals surface area (Å²) in [6.07, 6.45) is 0. The standard InChI is InChI=1S/C18H17F2N3O4/c19-13-1-4-15(5-2-13)27-12-18(24)22-9-7-21(8-10-22)16-6-3-14(20)11-17(16)23(25)26/h1-6,11H,7-10,12H2. The van der Waals surface area contributed by atoms with Crippen molar-refractivity contribution in [3.8, 4) is 5.75 Å². The van der Waals surface area contributed by atoms with Crippen LogP contribution in [0, 0.1) is 21.7 Å². The van der Waals surface area contributed by atoms with Crippen LogP contribution in [0.2, 0.25) is 0 Å². The number of carbonyl (C=O) groups excluding carboxylic acids is 1. The summed E-state index contributed by atoms with van der Waals surface area (Å²) in [5.41, 5.74) is 0.0329. The van der Waals surface area contributed by atoms with E-state index in [0.29, 0.717) is 37.6 Å². The molecule has 1 amide bonds. The van der Waals surface area contributed by atoms with E-state index in [4.69, 9.17) is 4.74 Å². The number of anilines is 1. The van der Waals surface area contributed by atoms with Gasteiger partial charge in [-0.25, -0.2) is 8.78 Å². The molecular weight excluding hydrogens is 360 g/mol. The summed E-state index contributed by atoms with van der Waals surface area (Å²) >= 11 is 0. The molecule has 0 saturated carbocycles. The molecule has 0 bridgehead atoms. The summed E-state index contributed by atoms with van der Waals surface area (Å²) in [6.45, 7) is 1.31. The molecule has 1 aliphatic heterocycles. The van der Waals surface area contributed by atoms with Crippen molar-refractivity contribution < 1.29 is 23.2 Å². The Hall–Kier alpha value is -3.23. The van der Waals surface area contributed by atoms with Gasteiger partial charge in [0.05, 0.1) is 11.0 Å². The number of amides is 1. The molecule has 1 saturated heterocycles. The van der Waals surface area contributed by atoms with Crippen LogP contribution >= 0.6 is 0 Å². The fourth-order valence-corrected chi connectivity index (χ4v) is 2.87. The lowest BCUT2D eigenvalue weighted by molar-refractivity contribution is -0.384. The average molecular weight is 377 g/mol. The molecule has 0 N–H and O–H groups in total. The Morgan fingerprint density at radius 1 is 1.04 bits per heavy atom. The summed E-state index contributed by atoms with van der Waals surface area (Å²) in [6, 6.07) is 8.81. The van der Waals surface area contributed by atoms with E-state index in [9.17, 15) is 23.7 Å². The molecule has 27 heavy (non-hydrogen) atoms. The van der Waals surface area contributed by atoms with Gasteiger partial charge in [-0.2, -0.15) is 0 Å². The number of halogens is 2. The van der Waals surface area contributed by atoms with Gasteiger partial charge in [0.1, 0.15) is 23.1 Å². The largest absolute Gasteiger partial charge is 0.484 e. The maximum Gasteiger partial charge on any atom is 0.295 e. The van der Waals surface area contributed by atoms with Crippen molar-refractivity contribution in [2.75, 3.05) is 37.7 Å². The van der Waals surface area contributed by atoms with Crippen LogP contribution in [0.4, 0.5) is 20.2 Å². The molecule has 1 aliphatic rings. The van der Waals surface area contributed by atoms with Crippen LogP contribution < -0.4 is 9.64 Å². The Bertz CT molecular complexity index is 837. The lowest BCUT2D eigenvalue weighted by atomic mass is 10.2. The van der Waals surface area contributed by atoms with Gasteiger partial charge >= 0.3 is 0 Å². The first-order valence-corrected chi connectivity index (χ1v) is 8.29. The average Bonchev–Trinajstić information content (AvgIpc) is 2.67. The molecule has 0 aromatic heterocycles. The molecule has 3 rings (SSSR count). The number of nitro groups is 1. The van der Waals surface area contributed by atoms with Crippen molar-refractivity contribution in [2.45, 2.75) is 0 Å². The quantitative estimate of drug-likeness (QED) is 0.591. The van der Waals surface area contributed by atoms with Gasteiger partial charge in [-0.05, 0) is 36.4 Å². The molecule has 1 fully saturated rings. The molecule has 142 valence electrons. The Labute approximate surface area is 153 Å². The zero-order valence-corrected chi connectivity index (χ0v) is 14.3. The van der Waals surface area contributed by atoms with Gasteiger partial charge in [-0.3, -0.25) is 14.9 Å². The first-order chi connectivity index (χ1) is 12.9. The van der Waals surface area contributed by atoms with Crippen LogP contribution in [-0.4, -0.2) is 48.5 Å². The second-order valence-electron chi connectivity index (χ2n) is 6.00. The van der Waals surface area contributed by atoms with Crippen LogP contribution in [0.25, 0.3) is 0 Å². The van der Waals surface area contributed by atoms with Crippen molar-refractivity contribution in [1.29, 1.82) is 0 Å². The van der Waals surface area contributed by atoms with E-state index in [1.54, 1.807) is 9.80 Å². The van der Waals surface area contributed by atoms with Crippen LogP contribution in [0.15, 0.2) is 42.5 Å². The molecule has 2 aromatic carbocycles. The van der Waals surface area contributed by atoms with Crippen LogP contribution in [0.5, 0.6) is 5.75 Å². The molecule has 1 heterocycles. The van der Waals surface area contributed by atoms with Crippen molar-refractivity contribution in [3.63, 3.8) is 0 Å². The van der Waals surface area contributed by atoms with Gasteiger partial charge in [0.25, 0.3) is 11.6 Å². The second-order valence-corrected chi connectivity index (χ2v) is 6.00. The van der Waals surface area contributed by atoms with Crippen molar-refractivity contribution >= 4 is 17.3 Å². The smallest absolute Gasteiger partial charge is 0.295 e. The minimum atomic E-state index is -0.669. The van der Waals surface area contributed by atoms with E-state index in [-0.39, 0.29) is 24.0 Å². The van der Waals surface area contributed by atoms with Crippen LogP contribution in [0.1, 0.15) is 0 Å². The van der Waals surface area contributed by atoms with Crippen LogP contribution in [0.3, 0.4) is 0 Å². The molecular formula is C18H17F2N3O4. The number of ether oxygens (including phenoxy) is 1. The van der Waals surface area contributed by atoms with E-state index in [2.05, 4.69) is 0 Å². The summed E-state index contributed by atoms with van der Waals surface area (Å²) in [5, 5.41) is 11.1. The third-order valence-electron chi connectivity index (χ3n) is 4.28. The fraction of sp³-hybridized carbons (Fsp3) is 0.278. The lowest BCUT2D eigenvalue weighted by Gasteiger charge is -2.35. The number of benzene rings is 2. The Morgan fingerprint density at radius 2 is 1.67 bits per heavy atom. The molecule has 9 heteroatoms. The minimum absolute atomic E-state index is 0.178. The van der Waals surface area contributed by atoms with Crippen molar-refractivity contribution in [1.82, 2.24) is 4.90 Å². The predicted octanol–water partition coefficient (Wildman–Crippen LogP) is 2.60. The number of nitrogens with zero attached hydrogens (tertiary/aromatic N) is 3. The molecule has 0 aliphatic carbocycles. The SMILES string of the molecule is O=C(COc1ccc(F)cc1)N1CCN(c2ccc(F)cc2[N+](=O)[O-])CC1. The highest BCUT2D eigenvalue weighted by atomic mass is 19.1. The number of hydrogen-bond acceptors (Lipinski definition) is 5. The predicted molar refractivity (Wildman–Crippen MR) is 93.7 cm³/mol. The Balaban J connectivity index is 1.56. The van der Waals surface area contributed by atoms with E-state index < -0.39 is 10.7 Å². The number of nitro benzene ring substituents is 1. The zero-order chi connectivity index (χ0) is 19.4. The van der Waals surface area contributed by atoms with Crippen molar-refractivity contribution in [2.24, 2.45) is 0 Å². The first-order valence-electron chi connectivity index (χ1n) is 8.29. The van der Waals surface area contributed by atoms with Gasteiger partial charge in [-0.1, -0.05) is 0 Å². The Kier molecular flexibility index (Phi) is 5.49. The van der Waals surface area contributed by atoms with E-state index >= 15 is 0 Å². The van der Waals surface area contributed by atoms with E-state index in [1.807, 2.05) is 0 Å². The third-order valence-corrected chi connectivity index (χ3v) is 4.28. The van der Waals surface area contributed by atoms with Gasteiger partial charge in [0.15, 0.2) is 6.61 Å². The fourth-order valence-electron chi connectivity index (χ4n) is 2.87. The number of carbonyl (C=O) groups is 1. The molecule has 7 nitrogen and oxygen atoms in total. The summed E-state index contributed by atoms with van der Waals surface area (Å²) < 4.78 is 31.5. The maximum atomic E-state index is 13.3. The maximum absolute atomic E-state index is 13.3. The number of rotatable bonds is 5. The monoisotopic (exact) mass is 377 g/mol. The topological polar surface area (TPSA) is 75.9 Å². The zero-order valence-electron chi connectivity index (χ0n) is 14.3. The third kappa shape index (κ3) is 4.49. The van der Waals surface area contributed by atoms with Gasteiger partial charge in [-0.15, -0.1) is 0 Å². The highest BCUT2D eigenvalue weighted by molar-refractivity contribution is 5.78. The highest BCUT2D eigenvalue weighted by Crippen LogP contribution is 2.29. The summed E-state index contributed by atoms with van der Waals surface area (Å²) in [5.74, 6) is -0.894. The normalized spacial score (nSPS) is 14.1. The van der Waals surface area contributed by atoms with Gasteiger partial charge in [0, 0.05) is 26.2 Å². The minimum Gasteiger partial charge on any atom is -0.484 e. The van der Waals surface area contributed by atoms with Gasteiger partial charge < -0.3 is 14.5 Å². The lowest BCUT2D eigenvalue weighted by Crippen LogP contribution is -2.50. The number of piperazine rings is 1. The van der Waals surface area contributed by atoms with E-state index in [1.165, 1.54) is 36.4 Å². The Morgan fingerprint density at radius 3 is 2.30 bits per heavy atom. The summed E-state index contributed by atoms with van der Waals surface area (Å²) in [7, 11) is 0. The highest BCUT2D eigenvalue weighted by Gasteiger charge is 2.26. The van der Waals surface area contributed by atoms with E-state index in [0.717, 1.165) is 6.07 Å². The molecule has 0 unspecified atom stereocenters. The molecule has 2 aromatic rings. The summed E-state index contributed by atoms with van der Waals surface area (Å²) in [4.78, 5) is 26.1. The first kappa shape index (κ1) is 18.6. The molecule has 0 atom stereocenters. The van der Waals surface area contributed by atoms with Crippen molar-refractivity contribution in [3.05, 3.63) is 64.2 Å².